The van der Waals surface area contributed by atoms with Gasteiger partial charge in [-0.3, -0.25) is 4.79 Å². The zero-order valence-electron chi connectivity index (χ0n) is 12.4. The van der Waals surface area contributed by atoms with Gasteiger partial charge in [0.1, 0.15) is 5.75 Å². The molecule has 1 fully saturated rings. The van der Waals surface area contributed by atoms with E-state index in [0.29, 0.717) is 5.56 Å². The molecule has 110 valence electrons. The Labute approximate surface area is 120 Å². The molecule has 0 atom stereocenters. The van der Waals surface area contributed by atoms with Gasteiger partial charge in [0.25, 0.3) is 5.91 Å². The Morgan fingerprint density at radius 2 is 2.10 bits per heavy atom. The van der Waals surface area contributed by atoms with E-state index in [1.54, 1.807) is 12.1 Å². The molecule has 1 aromatic carbocycles. The number of carbonyl (C=O) groups excluding carboxylic acids is 1. The average Bonchev–Trinajstić information content (AvgIpc) is 2.45. The molecular weight excluding hydrogens is 252 g/mol. The predicted molar refractivity (Wildman–Crippen MR) is 80.1 cm³/mol. The fraction of sp³-hybridized carbons (Fsp3) is 0.562. The molecule has 1 heterocycles. The highest BCUT2D eigenvalue weighted by Gasteiger charge is 2.26. The number of amides is 1. The van der Waals surface area contributed by atoms with Crippen LogP contribution in [0.25, 0.3) is 0 Å². The molecule has 4 nitrogen and oxygen atoms in total. The van der Waals surface area contributed by atoms with Crippen LogP contribution >= 0.6 is 0 Å². The number of benzene rings is 1. The summed E-state index contributed by atoms with van der Waals surface area (Å²) in [6, 6.07) is 5.54. The topological polar surface area (TPSA) is 52.6 Å². The third-order valence-electron chi connectivity index (χ3n) is 3.86. The summed E-state index contributed by atoms with van der Waals surface area (Å²) in [7, 11) is 0. The number of aromatic hydroxyl groups is 1. The second-order valence-corrected chi connectivity index (χ2v) is 5.50. The Bertz CT molecular complexity index is 468. The number of nitrogens with one attached hydrogen (secondary N) is 1. The highest BCUT2D eigenvalue weighted by Crippen LogP contribution is 2.23. The molecule has 0 aliphatic carbocycles. The van der Waals surface area contributed by atoms with Crippen LogP contribution in [-0.2, 0) is 0 Å². The van der Waals surface area contributed by atoms with E-state index >= 15 is 0 Å². The largest absolute Gasteiger partial charge is 0.507 e. The molecule has 2 N–H and O–H groups in total. The number of aryl methyl sites for hydroxylation is 1. The smallest absolute Gasteiger partial charge is 0.257 e. The minimum atomic E-state index is -0.0451. The number of rotatable bonds is 4. The first-order chi connectivity index (χ1) is 9.63. The van der Waals surface area contributed by atoms with Gasteiger partial charge in [0.2, 0.25) is 0 Å². The maximum absolute atomic E-state index is 12.7. The summed E-state index contributed by atoms with van der Waals surface area (Å²) in [6.07, 6.45) is 2.90. The van der Waals surface area contributed by atoms with Gasteiger partial charge in [-0.1, -0.05) is 13.0 Å². The molecule has 2 rings (SSSR count). The van der Waals surface area contributed by atoms with Gasteiger partial charge in [-0.05, 0) is 57.0 Å². The fourth-order valence-electron chi connectivity index (χ4n) is 2.79. The van der Waals surface area contributed by atoms with E-state index in [0.717, 1.165) is 44.5 Å². The van der Waals surface area contributed by atoms with Crippen LogP contribution in [0.3, 0.4) is 0 Å². The van der Waals surface area contributed by atoms with Crippen molar-refractivity contribution in [1.82, 2.24) is 10.2 Å². The highest BCUT2D eigenvalue weighted by atomic mass is 16.3. The Morgan fingerprint density at radius 3 is 2.70 bits per heavy atom. The van der Waals surface area contributed by atoms with Crippen LogP contribution < -0.4 is 5.32 Å². The highest BCUT2D eigenvalue weighted by molar-refractivity contribution is 5.97. The van der Waals surface area contributed by atoms with Crippen molar-refractivity contribution in [3.05, 3.63) is 29.3 Å². The summed E-state index contributed by atoms with van der Waals surface area (Å²) >= 11 is 0. The van der Waals surface area contributed by atoms with Crippen molar-refractivity contribution in [2.24, 2.45) is 0 Å². The standard InChI is InChI=1S/C16H24N2O2/c1-3-10-18(13-6-8-17-9-7-13)16(20)14-5-4-12(2)11-15(14)19/h4-5,11,13,17,19H,3,6-10H2,1-2H3. The minimum absolute atomic E-state index is 0.0451. The quantitative estimate of drug-likeness (QED) is 0.887. The van der Waals surface area contributed by atoms with Crippen molar-refractivity contribution in [2.45, 2.75) is 39.2 Å². The zero-order valence-corrected chi connectivity index (χ0v) is 12.4. The van der Waals surface area contributed by atoms with Gasteiger partial charge >= 0.3 is 0 Å². The summed E-state index contributed by atoms with van der Waals surface area (Å²) in [4.78, 5) is 14.6. The van der Waals surface area contributed by atoms with Crippen molar-refractivity contribution >= 4 is 5.91 Å². The van der Waals surface area contributed by atoms with Crippen molar-refractivity contribution in [3.8, 4) is 5.75 Å². The minimum Gasteiger partial charge on any atom is -0.507 e. The predicted octanol–water partition coefficient (Wildman–Crippen LogP) is 2.30. The molecule has 1 aliphatic rings. The molecule has 1 amide bonds. The van der Waals surface area contributed by atoms with Crippen LogP contribution in [0.1, 0.15) is 42.1 Å². The summed E-state index contributed by atoms with van der Waals surface area (Å²) in [6.45, 7) is 6.65. The maximum Gasteiger partial charge on any atom is 0.257 e. The Morgan fingerprint density at radius 1 is 1.40 bits per heavy atom. The molecule has 0 bridgehead atoms. The van der Waals surface area contributed by atoms with Gasteiger partial charge in [0.15, 0.2) is 0 Å². The molecule has 1 aliphatic heterocycles. The molecule has 1 aromatic rings. The van der Waals surface area contributed by atoms with Crippen LogP contribution in [-0.4, -0.2) is 41.6 Å². The summed E-state index contributed by atoms with van der Waals surface area (Å²) < 4.78 is 0. The summed E-state index contributed by atoms with van der Waals surface area (Å²) in [5.74, 6) is 0.0429. The molecule has 4 heteroatoms. The number of piperidine rings is 1. The van der Waals surface area contributed by atoms with Crippen LogP contribution in [0.5, 0.6) is 5.75 Å². The van der Waals surface area contributed by atoms with Crippen molar-refractivity contribution in [1.29, 1.82) is 0 Å². The maximum atomic E-state index is 12.7. The van der Waals surface area contributed by atoms with Crippen LogP contribution in [0.2, 0.25) is 0 Å². The molecular formula is C16H24N2O2. The second kappa shape index (κ2) is 6.75. The number of phenols is 1. The Hall–Kier alpha value is -1.55. The van der Waals surface area contributed by atoms with E-state index in [1.807, 2.05) is 17.9 Å². The van der Waals surface area contributed by atoms with E-state index in [9.17, 15) is 9.90 Å². The SMILES string of the molecule is CCCN(C(=O)c1ccc(C)cc1O)C1CCNCC1. The number of nitrogens with zero attached hydrogens (tertiary/aromatic N) is 1. The van der Waals surface area contributed by atoms with Gasteiger partial charge in [0, 0.05) is 12.6 Å². The first-order valence-electron chi connectivity index (χ1n) is 7.44. The lowest BCUT2D eigenvalue weighted by Crippen LogP contribution is -2.46. The number of phenolic OH excluding ortho intramolecular Hbond substituents is 1. The molecule has 20 heavy (non-hydrogen) atoms. The molecule has 0 radical (unpaired) electrons. The third-order valence-corrected chi connectivity index (χ3v) is 3.86. The number of hydrogen-bond donors (Lipinski definition) is 2. The van der Waals surface area contributed by atoms with E-state index in [-0.39, 0.29) is 17.7 Å². The van der Waals surface area contributed by atoms with Gasteiger partial charge in [0.05, 0.1) is 5.56 Å². The van der Waals surface area contributed by atoms with Crippen LogP contribution in [0.4, 0.5) is 0 Å². The van der Waals surface area contributed by atoms with Gasteiger partial charge in [-0.25, -0.2) is 0 Å². The molecule has 1 saturated heterocycles. The number of hydrogen-bond acceptors (Lipinski definition) is 3. The third kappa shape index (κ3) is 3.31. The lowest BCUT2D eigenvalue weighted by atomic mass is 10.0. The van der Waals surface area contributed by atoms with Gasteiger partial charge in [-0.15, -0.1) is 0 Å². The molecule has 0 saturated carbocycles. The van der Waals surface area contributed by atoms with Crippen molar-refractivity contribution in [2.75, 3.05) is 19.6 Å². The molecule has 0 aromatic heterocycles. The lowest BCUT2D eigenvalue weighted by Gasteiger charge is -2.34. The average molecular weight is 276 g/mol. The normalized spacial score (nSPS) is 16.1. The molecule has 0 spiro atoms. The Kier molecular flexibility index (Phi) is 5.01. The zero-order chi connectivity index (χ0) is 14.5. The van der Waals surface area contributed by atoms with E-state index in [4.69, 9.17) is 0 Å². The van der Waals surface area contributed by atoms with Gasteiger partial charge in [-0.2, -0.15) is 0 Å². The molecule has 0 unspecified atom stereocenters. The van der Waals surface area contributed by atoms with Crippen molar-refractivity contribution in [3.63, 3.8) is 0 Å². The van der Waals surface area contributed by atoms with Crippen LogP contribution in [0, 0.1) is 6.92 Å². The van der Waals surface area contributed by atoms with E-state index in [2.05, 4.69) is 12.2 Å². The van der Waals surface area contributed by atoms with Gasteiger partial charge < -0.3 is 15.3 Å². The fourth-order valence-corrected chi connectivity index (χ4v) is 2.79. The summed E-state index contributed by atoms with van der Waals surface area (Å²) in [5, 5.41) is 13.3. The summed E-state index contributed by atoms with van der Waals surface area (Å²) in [5.41, 5.74) is 1.38. The van der Waals surface area contributed by atoms with Crippen LogP contribution in [0.15, 0.2) is 18.2 Å². The lowest BCUT2D eigenvalue weighted by molar-refractivity contribution is 0.0639. The second-order valence-electron chi connectivity index (χ2n) is 5.50. The number of carbonyl (C=O) groups is 1. The first-order valence-corrected chi connectivity index (χ1v) is 7.44. The van der Waals surface area contributed by atoms with Crippen molar-refractivity contribution < 1.29 is 9.90 Å². The Balaban J connectivity index is 2.21. The first kappa shape index (κ1) is 14.9. The van der Waals surface area contributed by atoms with E-state index in [1.165, 1.54) is 0 Å². The monoisotopic (exact) mass is 276 g/mol. The van der Waals surface area contributed by atoms with E-state index < -0.39 is 0 Å².